The third kappa shape index (κ3) is 4.81. The van der Waals surface area contributed by atoms with Crippen LogP contribution in [-0.2, 0) is 0 Å². The van der Waals surface area contributed by atoms with Crippen molar-refractivity contribution in [3.8, 4) is 17.0 Å². The number of anilines is 1. The zero-order chi connectivity index (χ0) is 24.7. The highest BCUT2D eigenvalue weighted by Gasteiger charge is 2.16. The molecule has 0 aliphatic carbocycles. The summed E-state index contributed by atoms with van der Waals surface area (Å²) in [7, 11) is 0. The number of nitrogens with zero attached hydrogens (tertiary/aromatic N) is 3. The number of furan rings is 1. The molecule has 8 heteroatoms. The molecule has 0 spiro atoms. The van der Waals surface area contributed by atoms with Crippen molar-refractivity contribution in [2.24, 2.45) is 0 Å². The van der Waals surface area contributed by atoms with Gasteiger partial charge in [0.2, 0.25) is 0 Å². The summed E-state index contributed by atoms with van der Waals surface area (Å²) < 4.78 is 5.77. The molecule has 5 rings (SSSR count). The quantitative estimate of drug-likeness (QED) is 0.266. The standard InChI is InChI=1S/C27H22Cl2N4O2/c1-15(2)17-4-6-21(7-5-17)33-31-23-10-16(3)22(14-24(23)32-33)30-27(34)26-9-8-25(35-26)18-11-19(28)13-20(29)12-18/h4-15H,1-3H3,(H,30,34). The van der Waals surface area contributed by atoms with E-state index in [0.29, 0.717) is 38.5 Å². The van der Waals surface area contributed by atoms with Gasteiger partial charge in [-0.3, -0.25) is 4.79 Å². The van der Waals surface area contributed by atoms with Crippen LogP contribution >= 0.6 is 23.2 Å². The molecule has 0 radical (unpaired) electrons. The minimum absolute atomic E-state index is 0.171. The minimum atomic E-state index is -0.372. The normalized spacial score (nSPS) is 11.4. The third-order valence-electron chi connectivity index (χ3n) is 5.74. The molecular weight excluding hydrogens is 483 g/mol. The average Bonchev–Trinajstić information content (AvgIpc) is 3.46. The van der Waals surface area contributed by atoms with E-state index in [-0.39, 0.29) is 11.7 Å². The van der Waals surface area contributed by atoms with E-state index in [1.54, 1.807) is 35.1 Å². The lowest BCUT2D eigenvalue weighted by Crippen LogP contribution is -2.11. The number of amides is 1. The third-order valence-corrected chi connectivity index (χ3v) is 6.18. The lowest BCUT2D eigenvalue weighted by atomic mass is 10.0. The number of benzene rings is 3. The lowest BCUT2D eigenvalue weighted by molar-refractivity contribution is 0.0997. The number of hydrogen-bond donors (Lipinski definition) is 1. The Morgan fingerprint density at radius 3 is 2.23 bits per heavy atom. The number of hydrogen-bond acceptors (Lipinski definition) is 4. The molecule has 1 amide bonds. The van der Waals surface area contributed by atoms with E-state index in [0.717, 1.165) is 16.8 Å². The van der Waals surface area contributed by atoms with Gasteiger partial charge in [-0.1, -0.05) is 49.2 Å². The summed E-state index contributed by atoms with van der Waals surface area (Å²) in [6.45, 7) is 6.22. The summed E-state index contributed by atoms with van der Waals surface area (Å²) in [4.78, 5) is 14.5. The van der Waals surface area contributed by atoms with Crippen LogP contribution in [0.25, 0.3) is 28.0 Å². The summed E-state index contributed by atoms with van der Waals surface area (Å²) in [6, 6.07) is 20.3. The van der Waals surface area contributed by atoms with Crippen molar-refractivity contribution in [3.63, 3.8) is 0 Å². The van der Waals surface area contributed by atoms with Gasteiger partial charge in [0.1, 0.15) is 16.8 Å². The molecule has 0 atom stereocenters. The molecule has 0 aliphatic heterocycles. The maximum atomic E-state index is 12.9. The maximum absolute atomic E-state index is 12.9. The Balaban J connectivity index is 1.39. The monoisotopic (exact) mass is 504 g/mol. The van der Waals surface area contributed by atoms with Crippen molar-refractivity contribution in [2.75, 3.05) is 5.32 Å². The van der Waals surface area contributed by atoms with Crippen molar-refractivity contribution < 1.29 is 9.21 Å². The van der Waals surface area contributed by atoms with E-state index >= 15 is 0 Å². The number of carbonyl (C=O) groups excluding carboxylic acids is 1. The molecule has 0 unspecified atom stereocenters. The van der Waals surface area contributed by atoms with Crippen LogP contribution in [0.5, 0.6) is 0 Å². The fourth-order valence-electron chi connectivity index (χ4n) is 3.81. The first kappa shape index (κ1) is 23.1. The van der Waals surface area contributed by atoms with Gasteiger partial charge in [0.05, 0.1) is 5.69 Å². The highest BCUT2D eigenvalue weighted by molar-refractivity contribution is 6.35. The van der Waals surface area contributed by atoms with Crippen molar-refractivity contribution in [2.45, 2.75) is 26.7 Å². The Labute approximate surface area is 212 Å². The van der Waals surface area contributed by atoms with E-state index in [2.05, 4.69) is 41.5 Å². The number of carbonyl (C=O) groups is 1. The summed E-state index contributed by atoms with van der Waals surface area (Å²) in [5.41, 5.74) is 5.73. The summed E-state index contributed by atoms with van der Waals surface area (Å²) >= 11 is 12.2. The second-order valence-corrected chi connectivity index (χ2v) is 9.54. The Hall–Kier alpha value is -3.61. The maximum Gasteiger partial charge on any atom is 0.291 e. The molecule has 1 N–H and O–H groups in total. The highest BCUT2D eigenvalue weighted by Crippen LogP contribution is 2.29. The molecule has 6 nitrogen and oxygen atoms in total. The summed E-state index contributed by atoms with van der Waals surface area (Å²) in [5.74, 6) is 0.752. The van der Waals surface area contributed by atoms with Crippen molar-refractivity contribution in [1.82, 2.24) is 15.0 Å². The minimum Gasteiger partial charge on any atom is -0.451 e. The second-order valence-electron chi connectivity index (χ2n) is 8.67. The Morgan fingerprint density at radius 1 is 0.914 bits per heavy atom. The largest absolute Gasteiger partial charge is 0.451 e. The fraction of sp³-hybridized carbons (Fsp3) is 0.148. The molecular formula is C27H22Cl2N4O2. The van der Waals surface area contributed by atoms with Gasteiger partial charge in [-0.05, 0) is 78.6 Å². The number of aryl methyl sites for hydroxylation is 1. The van der Waals surface area contributed by atoms with Crippen molar-refractivity contribution in [3.05, 3.63) is 93.7 Å². The lowest BCUT2D eigenvalue weighted by Gasteiger charge is -2.06. The number of fused-ring (bicyclic) bond motifs is 1. The number of nitrogens with one attached hydrogen (secondary N) is 1. The predicted molar refractivity (Wildman–Crippen MR) is 140 cm³/mol. The van der Waals surface area contributed by atoms with Crippen LogP contribution in [0.2, 0.25) is 10.0 Å². The molecule has 0 bridgehead atoms. The SMILES string of the molecule is Cc1cc2nn(-c3ccc(C(C)C)cc3)nc2cc1NC(=O)c1ccc(-c2cc(Cl)cc(Cl)c2)o1. The van der Waals surface area contributed by atoms with Gasteiger partial charge in [0.25, 0.3) is 5.91 Å². The van der Waals surface area contributed by atoms with E-state index in [1.165, 1.54) is 5.56 Å². The smallest absolute Gasteiger partial charge is 0.291 e. The topological polar surface area (TPSA) is 73.0 Å². The molecule has 2 aromatic heterocycles. The Bertz CT molecular complexity index is 1530. The molecule has 0 saturated carbocycles. The van der Waals surface area contributed by atoms with Gasteiger partial charge in [0, 0.05) is 21.3 Å². The van der Waals surface area contributed by atoms with Gasteiger partial charge >= 0.3 is 0 Å². The van der Waals surface area contributed by atoms with Gasteiger partial charge < -0.3 is 9.73 Å². The zero-order valence-corrected chi connectivity index (χ0v) is 20.9. The Morgan fingerprint density at radius 2 is 1.57 bits per heavy atom. The second kappa shape index (κ2) is 9.21. The van der Waals surface area contributed by atoms with E-state index in [1.807, 2.05) is 31.2 Å². The van der Waals surface area contributed by atoms with Gasteiger partial charge in [0.15, 0.2) is 5.76 Å². The number of aromatic nitrogens is 3. The van der Waals surface area contributed by atoms with Gasteiger partial charge in [-0.15, -0.1) is 10.2 Å². The van der Waals surface area contributed by atoms with Crippen LogP contribution < -0.4 is 5.32 Å². The Kier molecular flexibility index (Phi) is 6.09. The molecule has 0 fully saturated rings. The van der Waals surface area contributed by atoms with Crippen LogP contribution in [0.4, 0.5) is 5.69 Å². The molecule has 3 aromatic carbocycles. The first-order valence-electron chi connectivity index (χ1n) is 11.1. The van der Waals surface area contributed by atoms with Gasteiger partial charge in [-0.25, -0.2) is 0 Å². The molecule has 5 aromatic rings. The molecule has 35 heavy (non-hydrogen) atoms. The molecule has 0 saturated heterocycles. The van der Waals surface area contributed by atoms with E-state index in [9.17, 15) is 4.79 Å². The molecule has 176 valence electrons. The summed E-state index contributed by atoms with van der Waals surface area (Å²) in [5, 5.41) is 13.1. The van der Waals surface area contributed by atoms with Crippen LogP contribution in [0.15, 0.2) is 71.1 Å². The fourth-order valence-corrected chi connectivity index (χ4v) is 4.33. The average molecular weight is 505 g/mol. The van der Waals surface area contributed by atoms with Crippen LogP contribution in [0, 0.1) is 6.92 Å². The first-order valence-corrected chi connectivity index (χ1v) is 11.9. The predicted octanol–water partition coefficient (Wildman–Crippen LogP) is 7.67. The van der Waals surface area contributed by atoms with Crippen LogP contribution in [0.3, 0.4) is 0 Å². The van der Waals surface area contributed by atoms with Crippen molar-refractivity contribution >= 4 is 45.8 Å². The van der Waals surface area contributed by atoms with E-state index in [4.69, 9.17) is 27.6 Å². The molecule has 2 heterocycles. The number of halogens is 2. The zero-order valence-electron chi connectivity index (χ0n) is 19.3. The molecule has 0 aliphatic rings. The van der Waals surface area contributed by atoms with Crippen LogP contribution in [-0.4, -0.2) is 20.9 Å². The van der Waals surface area contributed by atoms with E-state index < -0.39 is 0 Å². The first-order chi connectivity index (χ1) is 16.8. The highest BCUT2D eigenvalue weighted by atomic mass is 35.5. The van der Waals surface area contributed by atoms with Crippen molar-refractivity contribution in [1.29, 1.82) is 0 Å². The number of rotatable bonds is 5. The van der Waals surface area contributed by atoms with Crippen LogP contribution in [0.1, 0.15) is 41.4 Å². The summed E-state index contributed by atoms with van der Waals surface area (Å²) in [6.07, 6.45) is 0. The van der Waals surface area contributed by atoms with Gasteiger partial charge in [-0.2, -0.15) is 4.80 Å².